The number of morpholine rings is 1. The van der Waals surface area contributed by atoms with Crippen LogP contribution in [-0.4, -0.2) is 49.7 Å². The molecule has 1 heterocycles. The molecule has 1 N–H and O–H groups in total. The maximum atomic E-state index is 12.0. The predicted octanol–water partition coefficient (Wildman–Crippen LogP) is 0.899. The van der Waals surface area contributed by atoms with Gasteiger partial charge in [0, 0.05) is 25.6 Å². The molecule has 0 aromatic heterocycles. The Bertz CT molecular complexity index is 216. The number of nitrogens with zero attached hydrogens (tertiary/aromatic N) is 1. The lowest BCUT2D eigenvalue weighted by Gasteiger charge is -2.36. The van der Waals surface area contributed by atoms with Crippen molar-refractivity contribution in [2.75, 3.05) is 26.7 Å². The van der Waals surface area contributed by atoms with E-state index in [1.54, 1.807) is 0 Å². The summed E-state index contributed by atoms with van der Waals surface area (Å²) < 4.78 is 5.60. The van der Waals surface area contributed by atoms with Gasteiger partial charge < -0.3 is 15.0 Å². The van der Waals surface area contributed by atoms with Crippen LogP contribution in [0, 0.1) is 5.92 Å². The number of hydrogen-bond donors (Lipinski definition) is 1. The molecule has 0 bridgehead atoms. The summed E-state index contributed by atoms with van der Waals surface area (Å²) in [6, 6.07) is 0. The van der Waals surface area contributed by atoms with E-state index in [1.165, 1.54) is 0 Å². The van der Waals surface area contributed by atoms with Gasteiger partial charge in [0.2, 0.25) is 5.91 Å². The van der Waals surface area contributed by atoms with Crippen molar-refractivity contribution in [2.24, 2.45) is 5.92 Å². The predicted molar refractivity (Wildman–Crippen MR) is 66.9 cm³/mol. The average molecular weight is 251 g/mol. The highest BCUT2D eigenvalue weighted by atomic mass is 35.5. The molecule has 1 aliphatic rings. The second-order valence-electron chi connectivity index (χ2n) is 4.46. The average Bonchev–Trinajstić information content (AvgIpc) is 2.15. The Labute approximate surface area is 104 Å². The summed E-state index contributed by atoms with van der Waals surface area (Å²) in [5, 5.41) is 3.03. The maximum Gasteiger partial charge on any atom is 0.226 e. The molecule has 0 aliphatic carbocycles. The molecular weight excluding hydrogens is 228 g/mol. The van der Waals surface area contributed by atoms with E-state index in [0.29, 0.717) is 0 Å². The van der Waals surface area contributed by atoms with E-state index in [1.807, 2.05) is 32.7 Å². The summed E-state index contributed by atoms with van der Waals surface area (Å²) in [6.45, 7) is 8.16. The van der Waals surface area contributed by atoms with Crippen LogP contribution in [-0.2, 0) is 9.53 Å². The fourth-order valence-corrected chi connectivity index (χ4v) is 2.06. The Morgan fingerprint density at radius 1 is 1.44 bits per heavy atom. The zero-order chi connectivity index (χ0) is 11.4. The summed E-state index contributed by atoms with van der Waals surface area (Å²) in [4.78, 5) is 13.9. The Morgan fingerprint density at radius 3 is 2.38 bits per heavy atom. The molecule has 1 aliphatic heterocycles. The molecule has 1 amide bonds. The van der Waals surface area contributed by atoms with E-state index in [9.17, 15) is 4.79 Å². The van der Waals surface area contributed by atoms with Gasteiger partial charge in [0.05, 0.1) is 12.2 Å². The van der Waals surface area contributed by atoms with Crippen LogP contribution in [0.15, 0.2) is 0 Å². The van der Waals surface area contributed by atoms with Crippen molar-refractivity contribution in [2.45, 2.75) is 33.0 Å². The third kappa shape index (κ3) is 4.28. The Morgan fingerprint density at radius 2 is 1.94 bits per heavy atom. The SMILES string of the molecule is CNCC(C)C(=O)N1CC(C)OC(C)C1.Cl. The molecule has 96 valence electrons. The highest BCUT2D eigenvalue weighted by Crippen LogP contribution is 2.13. The highest BCUT2D eigenvalue weighted by Gasteiger charge is 2.28. The van der Waals surface area contributed by atoms with Gasteiger partial charge in [-0.3, -0.25) is 4.79 Å². The minimum atomic E-state index is 0. The molecule has 0 spiro atoms. The van der Waals surface area contributed by atoms with Gasteiger partial charge in [-0.25, -0.2) is 0 Å². The third-order valence-electron chi connectivity index (χ3n) is 2.66. The standard InChI is InChI=1S/C11H22N2O2.ClH/c1-8(5-12-4)11(14)13-6-9(2)15-10(3)7-13;/h8-10,12H,5-7H2,1-4H3;1H. The zero-order valence-corrected chi connectivity index (χ0v) is 11.3. The quantitative estimate of drug-likeness (QED) is 0.809. The van der Waals surface area contributed by atoms with Crippen molar-refractivity contribution in [1.82, 2.24) is 10.2 Å². The summed E-state index contributed by atoms with van der Waals surface area (Å²) in [5.41, 5.74) is 0. The minimum Gasteiger partial charge on any atom is -0.372 e. The molecule has 3 atom stereocenters. The van der Waals surface area contributed by atoms with Gasteiger partial charge in [-0.1, -0.05) is 6.92 Å². The number of carbonyl (C=O) groups is 1. The van der Waals surface area contributed by atoms with Crippen LogP contribution in [0.1, 0.15) is 20.8 Å². The Kier molecular flexibility index (Phi) is 6.95. The second kappa shape index (κ2) is 7.09. The normalized spacial score (nSPS) is 27.1. The molecule has 0 aromatic carbocycles. The number of amides is 1. The van der Waals surface area contributed by atoms with Gasteiger partial charge in [-0.15, -0.1) is 12.4 Å². The van der Waals surface area contributed by atoms with Gasteiger partial charge >= 0.3 is 0 Å². The Hall–Kier alpha value is -0.320. The topological polar surface area (TPSA) is 41.6 Å². The minimum absolute atomic E-state index is 0. The lowest BCUT2D eigenvalue weighted by atomic mass is 10.1. The number of halogens is 1. The fraction of sp³-hybridized carbons (Fsp3) is 0.909. The first-order chi connectivity index (χ1) is 7.04. The summed E-state index contributed by atoms with van der Waals surface area (Å²) in [7, 11) is 1.87. The number of ether oxygens (including phenoxy) is 1. The van der Waals surface area contributed by atoms with Gasteiger partial charge in [-0.05, 0) is 20.9 Å². The monoisotopic (exact) mass is 250 g/mol. The fourth-order valence-electron chi connectivity index (χ4n) is 2.06. The maximum absolute atomic E-state index is 12.0. The first kappa shape index (κ1) is 15.7. The smallest absolute Gasteiger partial charge is 0.226 e. The van der Waals surface area contributed by atoms with E-state index < -0.39 is 0 Å². The molecule has 4 nitrogen and oxygen atoms in total. The molecule has 1 rings (SSSR count). The van der Waals surface area contributed by atoms with Gasteiger partial charge in [-0.2, -0.15) is 0 Å². The van der Waals surface area contributed by atoms with Crippen molar-refractivity contribution >= 4 is 18.3 Å². The largest absolute Gasteiger partial charge is 0.372 e. The van der Waals surface area contributed by atoms with E-state index >= 15 is 0 Å². The van der Waals surface area contributed by atoms with Gasteiger partial charge in [0.15, 0.2) is 0 Å². The molecule has 0 radical (unpaired) electrons. The number of hydrogen-bond acceptors (Lipinski definition) is 3. The van der Waals surface area contributed by atoms with Crippen LogP contribution >= 0.6 is 12.4 Å². The highest BCUT2D eigenvalue weighted by molar-refractivity contribution is 5.85. The lowest BCUT2D eigenvalue weighted by molar-refractivity contribution is -0.146. The molecule has 0 aromatic rings. The number of rotatable bonds is 3. The third-order valence-corrected chi connectivity index (χ3v) is 2.66. The number of nitrogens with one attached hydrogen (secondary N) is 1. The van der Waals surface area contributed by atoms with Crippen molar-refractivity contribution in [1.29, 1.82) is 0 Å². The van der Waals surface area contributed by atoms with Crippen LogP contribution in [0.2, 0.25) is 0 Å². The second-order valence-corrected chi connectivity index (χ2v) is 4.46. The van der Waals surface area contributed by atoms with Gasteiger partial charge in [0.1, 0.15) is 0 Å². The zero-order valence-electron chi connectivity index (χ0n) is 10.5. The van der Waals surface area contributed by atoms with E-state index in [2.05, 4.69) is 5.32 Å². The van der Waals surface area contributed by atoms with E-state index in [0.717, 1.165) is 19.6 Å². The van der Waals surface area contributed by atoms with Crippen LogP contribution in [0.3, 0.4) is 0 Å². The van der Waals surface area contributed by atoms with Gasteiger partial charge in [0.25, 0.3) is 0 Å². The van der Waals surface area contributed by atoms with Crippen LogP contribution in [0.4, 0.5) is 0 Å². The van der Waals surface area contributed by atoms with Crippen LogP contribution < -0.4 is 5.32 Å². The molecule has 1 fully saturated rings. The molecule has 3 unspecified atom stereocenters. The number of carbonyl (C=O) groups excluding carboxylic acids is 1. The summed E-state index contributed by atoms with van der Waals surface area (Å²) in [6.07, 6.45) is 0.305. The van der Waals surface area contributed by atoms with Crippen molar-refractivity contribution in [3.63, 3.8) is 0 Å². The molecular formula is C11H23ClN2O2. The van der Waals surface area contributed by atoms with Crippen molar-refractivity contribution in [3.8, 4) is 0 Å². The summed E-state index contributed by atoms with van der Waals surface area (Å²) in [5.74, 6) is 0.277. The molecule has 16 heavy (non-hydrogen) atoms. The molecule has 5 heteroatoms. The molecule has 1 saturated heterocycles. The van der Waals surface area contributed by atoms with Crippen molar-refractivity contribution in [3.05, 3.63) is 0 Å². The van der Waals surface area contributed by atoms with Crippen LogP contribution in [0.25, 0.3) is 0 Å². The first-order valence-corrected chi connectivity index (χ1v) is 5.63. The van der Waals surface area contributed by atoms with E-state index in [4.69, 9.17) is 4.74 Å². The molecule has 0 saturated carbocycles. The summed E-state index contributed by atoms with van der Waals surface area (Å²) >= 11 is 0. The van der Waals surface area contributed by atoms with Crippen LogP contribution in [0.5, 0.6) is 0 Å². The lowest BCUT2D eigenvalue weighted by Crippen LogP contribution is -2.50. The first-order valence-electron chi connectivity index (χ1n) is 5.63. The Balaban J connectivity index is 0.00000225. The van der Waals surface area contributed by atoms with E-state index in [-0.39, 0.29) is 36.4 Å². The van der Waals surface area contributed by atoms with Crippen molar-refractivity contribution < 1.29 is 9.53 Å².